The molecule has 86 valence electrons. The lowest BCUT2D eigenvalue weighted by molar-refractivity contribution is -0.384. The molecule has 0 atom stereocenters. The number of nitro benzene ring substituents is 1. The molecule has 0 unspecified atom stereocenters. The van der Waals surface area contributed by atoms with Crippen molar-refractivity contribution in [1.82, 2.24) is 4.98 Å². The summed E-state index contributed by atoms with van der Waals surface area (Å²) in [6, 6.07) is 6.20. The second kappa shape index (κ2) is 5.12. The summed E-state index contributed by atoms with van der Waals surface area (Å²) in [5.74, 6) is 0. The fraction of sp³-hybridized carbons (Fsp3) is 0. The third-order valence-electron chi connectivity index (χ3n) is 1.83. The fourth-order valence-corrected chi connectivity index (χ4v) is 1.57. The molecular formula is C9H7N5O2S. The Bertz CT molecular complexity index is 540. The van der Waals surface area contributed by atoms with Gasteiger partial charge in [0.15, 0.2) is 0 Å². The number of benzene rings is 1. The zero-order chi connectivity index (χ0) is 12.1. The van der Waals surface area contributed by atoms with Crippen molar-refractivity contribution < 1.29 is 4.92 Å². The first-order chi connectivity index (χ1) is 8.27. The van der Waals surface area contributed by atoms with Crippen LogP contribution in [0.1, 0.15) is 0 Å². The van der Waals surface area contributed by atoms with Crippen LogP contribution in [0.25, 0.3) is 0 Å². The van der Waals surface area contributed by atoms with Crippen molar-refractivity contribution in [2.45, 2.75) is 0 Å². The molecule has 1 heterocycles. The van der Waals surface area contributed by atoms with Crippen LogP contribution < -0.4 is 5.43 Å². The predicted molar refractivity (Wildman–Crippen MR) is 63.3 cm³/mol. The third kappa shape index (κ3) is 2.82. The lowest BCUT2D eigenvalue weighted by Crippen LogP contribution is -1.94. The van der Waals surface area contributed by atoms with Gasteiger partial charge >= 0.3 is 0 Å². The molecule has 1 aromatic carbocycles. The number of para-hydroxylation sites is 2. The molecule has 0 radical (unpaired) electrons. The SMILES string of the molecule is O=[N+]([O-])c1ccccc1N/N=N/c1nccs1. The zero-order valence-electron chi connectivity index (χ0n) is 8.48. The molecule has 0 spiro atoms. The Labute approximate surface area is 100.0 Å². The average molecular weight is 249 g/mol. The zero-order valence-corrected chi connectivity index (χ0v) is 9.29. The molecule has 7 nitrogen and oxygen atoms in total. The van der Waals surface area contributed by atoms with Gasteiger partial charge in [0.05, 0.1) is 4.92 Å². The molecule has 17 heavy (non-hydrogen) atoms. The molecule has 0 aliphatic heterocycles. The van der Waals surface area contributed by atoms with Crippen LogP contribution in [0.5, 0.6) is 0 Å². The van der Waals surface area contributed by atoms with E-state index in [0.29, 0.717) is 5.13 Å². The van der Waals surface area contributed by atoms with Gasteiger partial charge in [0.25, 0.3) is 5.69 Å². The minimum atomic E-state index is -0.485. The maximum atomic E-state index is 10.7. The largest absolute Gasteiger partial charge is 0.294 e. The number of anilines is 1. The molecule has 2 aromatic rings. The number of thiazole rings is 1. The summed E-state index contributed by atoms with van der Waals surface area (Å²) in [6.07, 6.45) is 1.60. The Balaban J connectivity index is 2.11. The van der Waals surface area contributed by atoms with Gasteiger partial charge in [-0.25, -0.2) is 4.98 Å². The fourth-order valence-electron chi connectivity index (χ4n) is 1.11. The summed E-state index contributed by atoms with van der Waals surface area (Å²) in [5, 5.41) is 20.3. The number of nitrogens with one attached hydrogen (secondary N) is 1. The number of hydrogen-bond donors (Lipinski definition) is 1. The van der Waals surface area contributed by atoms with Crippen molar-refractivity contribution in [3.8, 4) is 0 Å². The van der Waals surface area contributed by atoms with E-state index in [1.54, 1.807) is 29.8 Å². The molecule has 0 saturated heterocycles. The second-order valence-corrected chi connectivity index (χ2v) is 3.77. The van der Waals surface area contributed by atoms with E-state index in [2.05, 4.69) is 20.7 Å². The molecular weight excluding hydrogens is 242 g/mol. The van der Waals surface area contributed by atoms with Crippen LogP contribution in [0.4, 0.5) is 16.5 Å². The summed E-state index contributed by atoms with van der Waals surface area (Å²) in [7, 11) is 0. The van der Waals surface area contributed by atoms with Crippen molar-refractivity contribution in [1.29, 1.82) is 0 Å². The summed E-state index contributed by atoms with van der Waals surface area (Å²) in [4.78, 5) is 14.1. The summed E-state index contributed by atoms with van der Waals surface area (Å²) >= 11 is 1.32. The molecule has 0 fully saturated rings. The van der Waals surface area contributed by atoms with E-state index < -0.39 is 4.92 Å². The van der Waals surface area contributed by atoms with Gasteiger partial charge < -0.3 is 0 Å². The van der Waals surface area contributed by atoms with Crippen molar-refractivity contribution in [3.63, 3.8) is 0 Å². The quantitative estimate of drug-likeness (QED) is 0.511. The summed E-state index contributed by atoms with van der Waals surface area (Å²) in [6.45, 7) is 0. The van der Waals surface area contributed by atoms with Gasteiger partial charge in [0, 0.05) is 17.6 Å². The van der Waals surface area contributed by atoms with E-state index in [4.69, 9.17) is 0 Å². The van der Waals surface area contributed by atoms with Crippen LogP contribution in [-0.4, -0.2) is 9.91 Å². The molecule has 0 bridgehead atoms. The first-order valence-electron chi connectivity index (χ1n) is 4.57. The summed E-state index contributed by atoms with van der Waals surface area (Å²) in [5.41, 5.74) is 2.76. The van der Waals surface area contributed by atoms with E-state index in [9.17, 15) is 10.1 Å². The van der Waals surface area contributed by atoms with Crippen LogP contribution in [0.3, 0.4) is 0 Å². The Kier molecular flexibility index (Phi) is 3.36. The molecule has 0 aliphatic carbocycles. The molecule has 0 saturated carbocycles. The molecule has 8 heteroatoms. The highest BCUT2D eigenvalue weighted by atomic mass is 32.1. The first-order valence-corrected chi connectivity index (χ1v) is 5.45. The van der Waals surface area contributed by atoms with E-state index >= 15 is 0 Å². The molecule has 1 N–H and O–H groups in total. The van der Waals surface area contributed by atoms with E-state index in [0.717, 1.165) is 0 Å². The maximum absolute atomic E-state index is 10.7. The molecule has 0 amide bonds. The maximum Gasteiger partial charge on any atom is 0.294 e. The van der Waals surface area contributed by atoms with Gasteiger partial charge in [0.1, 0.15) is 5.69 Å². The van der Waals surface area contributed by atoms with Crippen molar-refractivity contribution in [2.24, 2.45) is 10.3 Å². The second-order valence-electron chi connectivity index (χ2n) is 2.90. The number of rotatable bonds is 4. The average Bonchev–Trinajstić information content (AvgIpc) is 2.82. The van der Waals surface area contributed by atoms with E-state index in [1.165, 1.54) is 17.4 Å². The molecule has 1 aromatic heterocycles. The number of hydrogen-bond acceptors (Lipinski definition) is 6. The molecule has 2 rings (SSSR count). The minimum absolute atomic E-state index is 0.0504. The summed E-state index contributed by atoms with van der Waals surface area (Å²) < 4.78 is 0. The highest BCUT2D eigenvalue weighted by Gasteiger charge is 2.11. The van der Waals surface area contributed by atoms with E-state index in [-0.39, 0.29) is 11.4 Å². The van der Waals surface area contributed by atoms with Crippen LogP contribution in [-0.2, 0) is 0 Å². The monoisotopic (exact) mass is 249 g/mol. The highest BCUT2D eigenvalue weighted by molar-refractivity contribution is 7.13. The Morgan fingerprint density at radius 2 is 2.24 bits per heavy atom. The van der Waals surface area contributed by atoms with Gasteiger partial charge in [-0.15, -0.1) is 16.5 Å². The lowest BCUT2D eigenvalue weighted by atomic mass is 10.3. The topological polar surface area (TPSA) is 92.8 Å². The Morgan fingerprint density at radius 1 is 1.41 bits per heavy atom. The normalized spacial score (nSPS) is 10.6. The van der Waals surface area contributed by atoms with Crippen molar-refractivity contribution >= 4 is 27.8 Å². The van der Waals surface area contributed by atoms with Gasteiger partial charge in [0.2, 0.25) is 5.13 Å². The van der Waals surface area contributed by atoms with Crippen LogP contribution in [0, 0.1) is 10.1 Å². The van der Waals surface area contributed by atoms with Crippen LogP contribution in [0.2, 0.25) is 0 Å². The highest BCUT2D eigenvalue weighted by Crippen LogP contribution is 2.23. The van der Waals surface area contributed by atoms with Gasteiger partial charge in [-0.2, -0.15) is 0 Å². The van der Waals surface area contributed by atoms with Crippen molar-refractivity contribution in [2.75, 3.05) is 5.43 Å². The Morgan fingerprint density at radius 3 is 2.94 bits per heavy atom. The Hall–Kier alpha value is -2.35. The van der Waals surface area contributed by atoms with Gasteiger partial charge in [-0.1, -0.05) is 17.4 Å². The third-order valence-corrected chi connectivity index (χ3v) is 2.48. The van der Waals surface area contributed by atoms with Crippen LogP contribution >= 0.6 is 11.3 Å². The van der Waals surface area contributed by atoms with E-state index in [1.807, 2.05) is 0 Å². The first kappa shape index (κ1) is 11.1. The standard InChI is InChI=1S/C9H7N5O2S/c15-14(16)8-4-2-1-3-7(8)11-13-12-9-10-5-6-17-9/h1-6H,(H,10,11,12). The lowest BCUT2D eigenvalue weighted by Gasteiger charge is -1.99. The van der Waals surface area contributed by atoms with Gasteiger partial charge in [-0.3, -0.25) is 15.5 Å². The molecule has 0 aliphatic rings. The number of nitro groups is 1. The predicted octanol–water partition coefficient (Wildman–Crippen LogP) is 3.16. The van der Waals surface area contributed by atoms with Gasteiger partial charge in [-0.05, 0) is 6.07 Å². The smallest absolute Gasteiger partial charge is 0.258 e. The minimum Gasteiger partial charge on any atom is -0.258 e. The van der Waals surface area contributed by atoms with Crippen LogP contribution in [0.15, 0.2) is 46.2 Å². The number of nitrogens with zero attached hydrogens (tertiary/aromatic N) is 4. The number of aromatic nitrogens is 1. The van der Waals surface area contributed by atoms with Crippen molar-refractivity contribution in [3.05, 3.63) is 46.0 Å².